The van der Waals surface area contributed by atoms with Crippen LogP contribution in [0.3, 0.4) is 0 Å². The maximum atomic E-state index is 15.5. The van der Waals surface area contributed by atoms with Crippen molar-refractivity contribution in [2.45, 2.75) is 135 Å². The van der Waals surface area contributed by atoms with Crippen molar-refractivity contribution in [2.75, 3.05) is 13.7 Å². The van der Waals surface area contributed by atoms with Crippen molar-refractivity contribution in [3.05, 3.63) is 94.1 Å². The number of benzene rings is 2. The highest BCUT2D eigenvalue weighted by Gasteiger charge is 2.78. The second-order valence-corrected chi connectivity index (χ2v) is 18.0. The van der Waals surface area contributed by atoms with Gasteiger partial charge in [-0.05, 0) is 62.1 Å². The Bertz CT molecular complexity index is 2230. The molecule has 1 saturated heterocycles. The van der Waals surface area contributed by atoms with Crippen LogP contribution in [-0.2, 0) is 59.0 Å². The van der Waals surface area contributed by atoms with Gasteiger partial charge in [-0.25, -0.2) is 9.59 Å². The molecule has 0 unspecified atom stereocenters. The summed E-state index contributed by atoms with van der Waals surface area (Å²) in [5, 5.41) is 40.6. The Labute approximate surface area is 372 Å². The molecule has 1 aliphatic heterocycles. The molecule has 2 aromatic rings. The lowest BCUT2D eigenvalue weighted by Crippen LogP contribution is -2.82. The van der Waals surface area contributed by atoms with E-state index in [2.05, 4.69) is 5.32 Å². The van der Waals surface area contributed by atoms with E-state index in [4.69, 9.17) is 28.4 Å². The molecular weight excluding hydrogens is 831 g/mol. The van der Waals surface area contributed by atoms with E-state index < -0.39 is 113 Å². The molecule has 2 saturated carbocycles. The van der Waals surface area contributed by atoms with Crippen LogP contribution in [0.5, 0.6) is 0 Å². The average molecular weight is 890 g/mol. The summed E-state index contributed by atoms with van der Waals surface area (Å²) in [7, 11) is 1.49. The second-order valence-electron chi connectivity index (χ2n) is 18.0. The highest BCUT2D eigenvalue weighted by Crippen LogP contribution is 2.64. The van der Waals surface area contributed by atoms with Crippen molar-refractivity contribution in [2.24, 2.45) is 16.7 Å². The first kappa shape index (κ1) is 48.2. The first-order chi connectivity index (χ1) is 30.1. The molecule has 16 heteroatoms. The van der Waals surface area contributed by atoms with Crippen LogP contribution >= 0.6 is 0 Å². The monoisotopic (exact) mass is 889 g/mol. The SMILES string of the molecule is C/C=C(\C)C(=O)N[C@@H](c1ccccc1)[C@@H](O)C(=O)O[C@H]1C[C@@]2(O)[C@@H](OC(=O)c3cccc(COC)c3)[C@@H]3[C@]4(OC(C)=O)CO[C@@H]4C[C@H](OC(=O)CC)[C@@]3(C)C(=O)[C@H](O)C(=C1C)C2(C)C. The van der Waals surface area contributed by atoms with E-state index in [1.165, 1.54) is 33.1 Å². The maximum absolute atomic E-state index is 15.5. The van der Waals surface area contributed by atoms with Crippen molar-refractivity contribution >= 4 is 35.6 Å². The molecule has 6 rings (SSSR count). The lowest BCUT2D eigenvalue weighted by atomic mass is 9.44. The number of esters is 4. The number of fused-ring (bicyclic) bond motifs is 5. The van der Waals surface area contributed by atoms with E-state index in [1.807, 2.05) is 0 Å². The molecule has 3 aliphatic carbocycles. The zero-order chi connectivity index (χ0) is 47.1. The number of ketones is 1. The summed E-state index contributed by atoms with van der Waals surface area (Å²) in [5.41, 5.74) is -6.51. The Morgan fingerprint density at radius 3 is 2.28 bits per heavy atom. The first-order valence-corrected chi connectivity index (χ1v) is 21.5. The van der Waals surface area contributed by atoms with Crippen LogP contribution in [0.25, 0.3) is 0 Å². The average Bonchev–Trinajstić information content (AvgIpc) is 3.25. The van der Waals surface area contributed by atoms with Crippen LogP contribution in [0.15, 0.2) is 77.4 Å². The minimum Gasteiger partial charge on any atom is -0.461 e. The predicted octanol–water partition coefficient (Wildman–Crippen LogP) is 3.92. The number of ether oxygens (including phenoxy) is 6. The number of methoxy groups -OCH3 is 1. The molecule has 4 N–H and O–H groups in total. The minimum absolute atomic E-state index is 0.0369. The number of carbonyl (C=O) groups is 6. The van der Waals surface area contributed by atoms with Gasteiger partial charge in [0.25, 0.3) is 0 Å². The summed E-state index contributed by atoms with van der Waals surface area (Å²) < 4.78 is 36.0. The van der Waals surface area contributed by atoms with Gasteiger partial charge in [-0.15, -0.1) is 0 Å². The Morgan fingerprint density at radius 1 is 1.00 bits per heavy atom. The fourth-order valence-corrected chi connectivity index (χ4v) is 10.3. The van der Waals surface area contributed by atoms with Crippen LogP contribution in [0.2, 0.25) is 0 Å². The zero-order valence-corrected chi connectivity index (χ0v) is 37.7. The third-order valence-corrected chi connectivity index (χ3v) is 14.0. The maximum Gasteiger partial charge on any atom is 0.338 e. The number of rotatable bonds is 13. The van der Waals surface area contributed by atoms with Gasteiger partial charge in [0.1, 0.15) is 36.1 Å². The molecule has 0 radical (unpaired) electrons. The molecule has 0 aromatic heterocycles. The van der Waals surface area contributed by atoms with E-state index in [-0.39, 0.29) is 42.8 Å². The summed E-state index contributed by atoms with van der Waals surface area (Å²) in [6, 6.07) is 13.3. The molecule has 4 aliphatic rings. The molecule has 11 atom stereocenters. The Morgan fingerprint density at radius 2 is 1.69 bits per heavy atom. The number of hydrogen-bond donors (Lipinski definition) is 4. The smallest absolute Gasteiger partial charge is 0.338 e. The molecule has 1 amide bonds. The van der Waals surface area contributed by atoms with Crippen molar-refractivity contribution in [3.8, 4) is 0 Å². The van der Waals surface area contributed by atoms with E-state index >= 15 is 4.79 Å². The molecule has 16 nitrogen and oxygen atoms in total. The van der Waals surface area contributed by atoms with Crippen molar-refractivity contribution < 1.29 is 72.5 Å². The van der Waals surface area contributed by atoms with Crippen LogP contribution in [0, 0.1) is 16.7 Å². The summed E-state index contributed by atoms with van der Waals surface area (Å²) in [4.78, 5) is 83.7. The van der Waals surface area contributed by atoms with E-state index in [1.54, 1.807) is 83.2 Å². The highest BCUT2D eigenvalue weighted by atomic mass is 16.6. The van der Waals surface area contributed by atoms with Crippen molar-refractivity contribution in [1.29, 1.82) is 0 Å². The molecule has 3 fully saturated rings. The molecule has 1 heterocycles. The lowest BCUT2D eigenvalue weighted by Gasteiger charge is -2.67. The number of allylic oxidation sites excluding steroid dienone is 1. The summed E-state index contributed by atoms with van der Waals surface area (Å²) in [6.45, 7) is 11.8. The summed E-state index contributed by atoms with van der Waals surface area (Å²) in [6.07, 6.45) is -9.04. The first-order valence-electron chi connectivity index (χ1n) is 21.5. The van der Waals surface area contributed by atoms with Crippen molar-refractivity contribution in [3.63, 3.8) is 0 Å². The number of hydrogen-bond acceptors (Lipinski definition) is 15. The summed E-state index contributed by atoms with van der Waals surface area (Å²) in [5.74, 6) is -6.70. The third-order valence-electron chi connectivity index (χ3n) is 14.0. The number of carbonyl (C=O) groups excluding carboxylic acids is 6. The highest BCUT2D eigenvalue weighted by molar-refractivity contribution is 5.95. The zero-order valence-electron chi connectivity index (χ0n) is 37.7. The van der Waals surface area contributed by atoms with Gasteiger partial charge in [0.2, 0.25) is 5.91 Å². The van der Waals surface area contributed by atoms with Crippen LogP contribution in [-0.4, -0.2) is 112 Å². The van der Waals surface area contributed by atoms with Crippen molar-refractivity contribution in [1.82, 2.24) is 5.32 Å². The fraction of sp³-hybridized carbons (Fsp3) is 0.542. The van der Waals surface area contributed by atoms with Gasteiger partial charge in [0, 0.05) is 44.3 Å². The van der Waals surface area contributed by atoms with Gasteiger partial charge >= 0.3 is 23.9 Å². The normalized spacial score (nSPS) is 31.6. The number of nitrogens with one attached hydrogen (secondary N) is 1. The second kappa shape index (κ2) is 18.3. The molecule has 2 bridgehead atoms. The number of aliphatic hydroxyl groups is 3. The standard InChI is InChI=1S/C48H59NO15/c1-10-25(3)42(55)49-36(29-17-13-12-14-18-29)38(53)44(57)61-31-22-48(58)41(63-43(56)30-19-15-16-28(20-30)23-59-9)39-46(8,40(54)37(52)35(26(31)4)45(48,6)7)32(62-34(51)11-2)21-33-47(39,24-60-33)64-27(5)50/h10,12-20,31-33,36-39,41,52-53,58H,11,21-24H2,1-9H3,(H,49,55)/b25-10+/t31-,32-,33+,36-,37+,38+,39-,41-,46+,47-,48+/m0/s1. The molecule has 64 heavy (non-hydrogen) atoms. The largest absolute Gasteiger partial charge is 0.461 e. The van der Waals surface area contributed by atoms with E-state index in [9.17, 15) is 39.3 Å². The van der Waals surface area contributed by atoms with Gasteiger partial charge < -0.3 is 49.1 Å². The Kier molecular flexibility index (Phi) is 13.8. The quantitative estimate of drug-likeness (QED) is 0.0967. The minimum atomic E-state index is -2.41. The van der Waals surface area contributed by atoms with Gasteiger partial charge in [-0.2, -0.15) is 0 Å². The predicted molar refractivity (Wildman–Crippen MR) is 227 cm³/mol. The molecule has 0 spiro atoms. The number of aliphatic hydroxyl groups excluding tert-OH is 2. The summed E-state index contributed by atoms with van der Waals surface area (Å²) >= 11 is 0. The third kappa shape index (κ3) is 8.19. The Balaban J connectivity index is 1.55. The van der Waals surface area contributed by atoms with Gasteiger partial charge in [-0.1, -0.05) is 69.3 Å². The molecule has 346 valence electrons. The van der Waals surface area contributed by atoms with E-state index in [0.29, 0.717) is 16.7 Å². The molecular formula is C48H59NO15. The Hall–Kier alpha value is -5.26. The van der Waals surface area contributed by atoms with Crippen LogP contribution < -0.4 is 5.32 Å². The van der Waals surface area contributed by atoms with Crippen LogP contribution in [0.4, 0.5) is 0 Å². The van der Waals surface area contributed by atoms with Gasteiger partial charge in [0.05, 0.1) is 36.2 Å². The van der Waals surface area contributed by atoms with Gasteiger partial charge in [0.15, 0.2) is 17.5 Å². The lowest BCUT2D eigenvalue weighted by molar-refractivity contribution is -0.346. The number of Topliss-reactive ketones (excluding diaryl/α,β-unsaturated/α-hetero) is 1. The van der Waals surface area contributed by atoms with E-state index in [0.717, 1.165) is 6.92 Å². The van der Waals surface area contributed by atoms with Gasteiger partial charge in [-0.3, -0.25) is 19.2 Å². The fourth-order valence-electron chi connectivity index (χ4n) is 10.3. The topological polar surface area (TPSA) is 231 Å². The number of amides is 1. The molecule has 2 aromatic carbocycles. The van der Waals surface area contributed by atoms with Crippen LogP contribution in [0.1, 0.15) is 102 Å².